The maximum absolute atomic E-state index is 4.38. The van der Waals surface area contributed by atoms with Crippen molar-refractivity contribution in [2.75, 3.05) is 26.7 Å². The molecule has 0 amide bonds. The Kier molecular flexibility index (Phi) is 6.13. The van der Waals surface area contributed by atoms with Crippen molar-refractivity contribution in [3.63, 3.8) is 0 Å². The van der Waals surface area contributed by atoms with Crippen LogP contribution in [0.1, 0.15) is 59.8 Å². The predicted molar refractivity (Wildman–Crippen MR) is 95.4 cm³/mol. The molecular formula is C18H36N4. The average molecular weight is 309 g/mol. The smallest absolute Gasteiger partial charge is 0.191 e. The van der Waals surface area contributed by atoms with Gasteiger partial charge >= 0.3 is 0 Å². The highest BCUT2D eigenvalue weighted by Crippen LogP contribution is 2.31. The van der Waals surface area contributed by atoms with Gasteiger partial charge in [0.25, 0.3) is 0 Å². The molecule has 0 aromatic carbocycles. The molecule has 1 aliphatic carbocycles. The Morgan fingerprint density at radius 3 is 2.59 bits per heavy atom. The van der Waals surface area contributed by atoms with Gasteiger partial charge in [0.1, 0.15) is 0 Å². The van der Waals surface area contributed by atoms with Gasteiger partial charge in [-0.05, 0) is 56.9 Å². The Labute approximate surface area is 137 Å². The molecule has 0 spiro atoms. The Morgan fingerprint density at radius 2 is 2.00 bits per heavy atom. The van der Waals surface area contributed by atoms with E-state index in [1.807, 2.05) is 7.05 Å². The number of hydrogen-bond donors (Lipinski definition) is 2. The lowest BCUT2D eigenvalue weighted by atomic mass is 9.89. The standard InChI is InChI=1S/C18H36N4/c1-14(8-10-18(2,3)4)21-17(19-5)20-12-15-9-11-22(13-15)16-6-7-16/h14-16H,6-13H2,1-5H3,(H2,19,20,21). The van der Waals surface area contributed by atoms with Gasteiger partial charge < -0.3 is 15.5 Å². The highest BCUT2D eigenvalue weighted by Gasteiger charge is 2.34. The second-order valence-electron chi connectivity index (χ2n) is 8.48. The number of hydrogen-bond acceptors (Lipinski definition) is 2. The summed E-state index contributed by atoms with van der Waals surface area (Å²) in [7, 11) is 1.87. The highest BCUT2D eigenvalue weighted by atomic mass is 15.2. The van der Waals surface area contributed by atoms with Crippen LogP contribution >= 0.6 is 0 Å². The van der Waals surface area contributed by atoms with Crippen molar-refractivity contribution >= 4 is 5.96 Å². The summed E-state index contributed by atoms with van der Waals surface area (Å²) >= 11 is 0. The normalized spacial score (nSPS) is 25.3. The summed E-state index contributed by atoms with van der Waals surface area (Å²) in [4.78, 5) is 7.06. The van der Waals surface area contributed by atoms with Crippen molar-refractivity contribution in [3.05, 3.63) is 0 Å². The minimum atomic E-state index is 0.406. The second-order valence-corrected chi connectivity index (χ2v) is 8.48. The lowest BCUT2D eigenvalue weighted by Crippen LogP contribution is -2.44. The molecule has 0 aromatic heterocycles. The van der Waals surface area contributed by atoms with Crippen molar-refractivity contribution in [2.45, 2.75) is 71.9 Å². The molecule has 2 fully saturated rings. The first-order valence-corrected chi connectivity index (χ1v) is 9.08. The minimum absolute atomic E-state index is 0.406. The van der Waals surface area contributed by atoms with E-state index in [-0.39, 0.29) is 0 Å². The van der Waals surface area contributed by atoms with Crippen molar-refractivity contribution in [2.24, 2.45) is 16.3 Å². The molecule has 2 N–H and O–H groups in total. The van der Waals surface area contributed by atoms with Crippen molar-refractivity contribution in [1.82, 2.24) is 15.5 Å². The third kappa shape index (κ3) is 6.15. The van der Waals surface area contributed by atoms with Crippen LogP contribution in [0.3, 0.4) is 0 Å². The fourth-order valence-electron chi connectivity index (χ4n) is 3.19. The Morgan fingerprint density at radius 1 is 1.27 bits per heavy atom. The molecule has 1 saturated carbocycles. The van der Waals surface area contributed by atoms with E-state index in [1.54, 1.807) is 0 Å². The van der Waals surface area contributed by atoms with Gasteiger partial charge in [-0.2, -0.15) is 0 Å². The average Bonchev–Trinajstić information content (AvgIpc) is 3.20. The second kappa shape index (κ2) is 7.67. The first-order valence-electron chi connectivity index (χ1n) is 9.08. The van der Waals surface area contributed by atoms with Crippen LogP contribution in [0.4, 0.5) is 0 Å². The van der Waals surface area contributed by atoms with E-state index in [1.165, 1.54) is 45.2 Å². The van der Waals surface area contributed by atoms with E-state index in [0.717, 1.165) is 24.5 Å². The van der Waals surface area contributed by atoms with Gasteiger partial charge in [-0.15, -0.1) is 0 Å². The Bertz CT molecular complexity index is 368. The highest BCUT2D eigenvalue weighted by molar-refractivity contribution is 5.79. The van der Waals surface area contributed by atoms with Crippen molar-refractivity contribution in [1.29, 1.82) is 0 Å². The molecular weight excluding hydrogens is 272 g/mol. The molecule has 2 rings (SSSR count). The molecule has 2 unspecified atom stereocenters. The molecule has 1 saturated heterocycles. The SMILES string of the molecule is CN=C(NCC1CCN(C2CC2)C1)NC(C)CCC(C)(C)C. The van der Waals surface area contributed by atoms with Crippen LogP contribution in [0.15, 0.2) is 4.99 Å². The summed E-state index contributed by atoms with van der Waals surface area (Å²) < 4.78 is 0. The molecule has 1 heterocycles. The molecule has 22 heavy (non-hydrogen) atoms. The first-order chi connectivity index (χ1) is 10.4. The van der Waals surface area contributed by atoms with E-state index >= 15 is 0 Å². The summed E-state index contributed by atoms with van der Waals surface area (Å²) in [5.41, 5.74) is 0.406. The van der Waals surface area contributed by atoms with Gasteiger partial charge in [-0.3, -0.25) is 4.99 Å². The van der Waals surface area contributed by atoms with Crippen molar-refractivity contribution in [3.8, 4) is 0 Å². The van der Waals surface area contributed by atoms with Gasteiger partial charge in [0, 0.05) is 32.2 Å². The monoisotopic (exact) mass is 308 g/mol. The predicted octanol–water partition coefficient (Wildman–Crippen LogP) is 2.85. The molecule has 0 radical (unpaired) electrons. The van der Waals surface area contributed by atoms with Crippen LogP contribution in [0.2, 0.25) is 0 Å². The molecule has 4 nitrogen and oxygen atoms in total. The van der Waals surface area contributed by atoms with E-state index in [9.17, 15) is 0 Å². The van der Waals surface area contributed by atoms with Crippen molar-refractivity contribution < 1.29 is 0 Å². The largest absolute Gasteiger partial charge is 0.356 e. The van der Waals surface area contributed by atoms with E-state index in [4.69, 9.17) is 0 Å². The minimum Gasteiger partial charge on any atom is -0.356 e. The van der Waals surface area contributed by atoms with Gasteiger partial charge in [0.15, 0.2) is 5.96 Å². The molecule has 1 aliphatic heterocycles. The summed E-state index contributed by atoms with van der Waals surface area (Å²) in [6.07, 6.45) is 6.60. The summed E-state index contributed by atoms with van der Waals surface area (Å²) in [5.74, 6) is 1.75. The molecule has 4 heteroatoms. The summed E-state index contributed by atoms with van der Waals surface area (Å²) in [6, 6.07) is 1.39. The quantitative estimate of drug-likeness (QED) is 0.585. The Hall–Kier alpha value is -0.770. The molecule has 128 valence electrons. The fourth-order valence-corrected chi connectivity index (χ4v) is 3.19. The maximum Gasteiger partial charge on any atom is 0.191 e. The van der Waals surface area contributed by atoms with E-state index in [0.29, 0.717) is 11.5 Å². The fraction of sp³-hybridized carbons (Fsp3) is 0.944. The number of nitrogens with zero attached hydrogens (tertiary/aromatic N) is 2. The zero-order valence-corrected chi connectivity index (χ0v) is 15.3. The van der Waals surface area contributed by atoms with Gasteiger partial charge in [-0.25, -0.2) is 0 Å². The van der Waals surface area contributed by atoms with Gasteiger partial charge in [0.05, 0.1) is 0 Å². The zero-order valence-electron chi connectivity index (χ0n) is 15.3. The number of likely N-dealkylation sites (tertiary alicyclic amines) is 1. The van der Waals surface area contributed by atoms with Crippen LogP contribution in [0.25, 0.3) is 0 Å². The van der Waals surface area contributed by atoms with E-state index < -0.39 is 0 Å². The van der Waals surface area contributed by atoms with Crippen LogP contribution < -0.4 is 10.6 Å². The van der Waals surface area contributed by atoms with Gasteiger partial charge in [-0.1, -0.05) is 20.8 Å². The molecule has 2 aliphatic rings. The first kappa shape index (κ1) is 17.6. The third-order valence-corrected chi connectivity index (χ3v) is 4.87. The number of nitrogens with one attached hydrogen (secondary N) is 2. The van der Waals surface area contributed by atoms with E-state index in [2.05, 4.69) is 48.2 Å². The number of aliphatic imine (C=N–C) groups is 1. The van der Waals surface area contributed by atoms with Crippen LogP contribution in [0.5, 0.6) is 0 Å². The number of rotatable bonds is 6. The molecule has 0 aromatic rings. The van der Waals surface area contributed by atoms with Gasteiger partial charge in [0.2, 0.25) is 0 Å². The summed E-state index contributed by atoms with van der Waals surface area (Å²) in [5, 5.41) is 7.07. The van der Waals surface area contributed by atoms with Crippen LogP contribution in [-0.4, -0.2) is 49.6 Å². The maximum atomic E-state index is 4.38. The third-order valence-electron chi connectivity index (χ3n) is 4.87. The molecule has 2 atom stereocenters. The zero-order chi connectivity index (χ0) is 16.2. The lowest BCUT2D eigenvalue weighted by molar-refractivity contribution is 0.313. The molecule has 0 bridgehead atoms. The lowest BCUT2D eigenvalue weighted by Gasteiger charge is -2.23. The van der Waals surface area contributed by atoms with Crippen LogP contribution in [0, 0.1) is 11.3 Å². The number of guanidine groups is 1. The van der Waals surface area contributed by atoms with Crippen LogP contribution in [-0.2, 0) is 0 Å². The Balaban J connectivity index is 1.64. The topological polar surface area (TPSA) is 39.7 Å². The summed E-state index contributed by atoms with van der Waals surface area (Å²) in [6.45, 7) is 12.8.